The monoisotopic (exact) mass is 284 g/mol. The summed E-state index contributed by atoms with van der Waals surface area (Å²) in [6.45, 7) is 0.440. The van der Waals surface area contributed by atoms with E-state index in [0.29, 0.717) is 12.3 Å². The van der Waals surface area contributed by atoms with Crippen molar-refractivity contribution in [2.45, 2.75) is 6.54 Å². The number of rotatable bonds is 4. The minimum atomic E-state index is -0.219. The van der Waals surface area contributed by atoms with Gasteiger partial charge in [-0.2, -0.15) is 0 Å². The molecule has 1 amide bonds. The zero-order chi connectivity index (χ0) is 13.8. The third-order valence-electron chi connectivity index (χ3n) is 2.86. The second-order valence-electron chi connectivity index (χ2n) is 4.15. The third kappa shape index (κ3) is 2.62. The average molecular weight is 284 g/mol. The van der Waals surface area contributed by atoms with Crippen molar-refractivity contribution in [1.29, 1.82) is 0 Å². The Hall–Kier alpha value is -2.40. The van der Waals surface area contributed by atoms with E-state index in [4.69, 9.17) is 4.42 Å². The van der Waals surface area contributed by atoms with E-state index in [9.17, 15) is 4.79 Å². The lowest BCUT2D eigenvalue weighted by Gasteiger charge is -2.08. The molecule has 0 saturated heterocycles. The Labute approximate surface area is 120 Å². The van der Waals surface area contributed by atoms with Crippen molar-refractivity contribution in [3.05, 3.63) is 65.6 Å². The van der Waals surface area contributed by atoms with Crippen molar-refractivity contribution in [3.8, 4) is 10.6 Å². The molecule has 2 aromatic heterocycles. The predicted molar refractivity (Wildman–Crippen MR) is 77.4 cm³/mol. The van der Waals surface area contributed by atoms with Crippen LogP contribution in [-0.4, -0.2) is 10.9 Å². The number of amides is 1. The maximum Gasteiger partial charge on any atom is 0.287 e. The van der Waals surface area contributed by atoms with Gasteiger partial charge in [0.25, 0.3) is 5.91 Å². The van der Waals surface area contributed by atoms with Gasteiger partial charge >= 0.3 is 0 Å². The van der Waals surface area contributed by atoms with Crippen molar-refractivity contribution in [1.82, 2.24) is 10.3 Å². The molecule has 0 spiro atoms. The zero-order valence-corrected chi connectivity index (χ0v) is 11.4. The predicted octanol–water partition coefficient (Wildman–Crippen LogP) is 3.33. The lowest BCUT2D eigenvalue weighted by Crippen LogP contribution is -2.22. The highest BCUT2D eigenvalue weighted by Crippen LogP contribution is 2.25. The fraction of sp³-hybridized carbons (Fsp3) is 0.0667. The molecule has 4 nitrogen and oxygen atoms in total. The molecule has 0 fully saturated rings. The number of aromatic nitrogens is 1. The van der Waals surface area contributed by atoms with Crippen molar-refractivity contribution >= 4 is 17.2 Å². The van der Waals surface area contributed by atoms with Gasteiger partial charge in [0.1, 0.15) is 5.01 Å². The number of carbonyl (C=O) groups excluding carboxylic acids is 1. The quantitative estimate of drug-likeness (QED) is 0.799. The molecule has 0 unspecified atom stereocenters. The largest absolute Gasteiger partial charge is 0.459 e. The summed E-state index contributed by atoms with van der Waals surface area (Å²) in [4.78, 5) is 16.2. The average Bonchev–Trinajstić information content (AvgIpc) is 3.17. The number of hydrogen-bond donors (Lipinski definition) is 1. The molecule has 0 aliphatic carbocycles. The fourth-order valence-corrected chi connectivity index (χ4v) is 2.61. The first kappa shape index (κ1) is 12.6. The Morgan fingerprint density at radius 1 is 1.25 bits per heavy atom. The van der Waals surface area contributed by atoms with Gasteiger partial charge in [-0.15, -0.1) is 11.3 Å². The molecule has 0 atom stereocenters. The normalized spacial score (nSPS) is 10.4. The van der Waals surface area contributed by atoms with Gasteiger partial charge < -0.3 is 9.73 Å². The highest BCUT2D eigenvalue weighted by Gasteiger charge is 2.10. The van der Waals surface area contributed by atoms with Crippen LogP contribution in [0.15, 0.2) is 58.7 Å². The van der Waals surface area contributed by atoms with Gasteiger partial charge in [0.2, 0.25) is 0 Å². The Balaban J connectivity index is 1.77. The van der Waals surface area contributed by atoms with Crippen molar-refractivity contribution in [2.24, 2.45) is 0 Å². The standard InChI is InChI=1S/C15H12N2O2S/c18-14(13-6-3-8-19-13)17-10-11-4-1-2-5-12(11)15-16-7-9-20-15/h1-9H,10H2,(H,17,18). The van der Waals surface area contributed by atoms with Crippen LogP contribution >= 0.6 is 11.3 Å². The number of nitrogens with zero attached hydrogens (tertiary/aromatic N) is 1. The maximum absolute atomic E-state index is 11.9. The van der Waals surface area contributed by atoms with Crippen molar-refractivity contribution in [2.75, 3.05) is 0 Å². The van der Waals surface area contributed by atoms with E-state index < -0.39 is 0 Å². The summed E-state index contributed by atoms with van der Waals surface area (Å²) >= 11 is 1.58. The van der Waals surface area contributed by atoms with Gasteiger partial charge in [-0.1, -0.05) is 24.3 Å². The van der Waals surface area contributed by atoms with Crippen LogP contribution in [0.5, 0.6) is 0 Å². The number of carbonyl (C=O) groups is 1. The van der Waals surface area contributed by atoms with Crippen molar-refractivity contribution in [3.63, 3.8) is 0 Å². The number of hydrogen-bond acceptors (Lipinski definition) is 4. The topological polar surface area (TPSA) is 55.1 Å². The summed E-state index contributed by atoms with van der Waals surface area (Å²) < 4.78 is 5.06. The first-order valence-corrected chi connectivity index (χ1v) is 7.02. The van der Waals surface area contributed by atoms with Gasteiger partial charge in [-0.25, -0.2) is 4.98 Å². The molecule has 0 bridgehead atoms. The lowest BCUT2D eigenvalue weighted by molar-refractivity contribution is 0.0923. The van der Waals surface area contributed by atoms with Gasteiger partial charge in [-0.05, 0) is 17.7 Å². The molecule has 100 valence electrons. The smallest absolute Gasteiger partial charge is 0.287 e. The number of benzene rings is 1. The fourth-order valence-electron chi connectivity index (χ4n) is 1.91. The van der Waals surface area contributed by atoms with Crippen LogP contribution in [0.2, 0.25) is 0 Å². The second-order valence-corrected chi connectivity index (χ2v) is 5.05. The van der Waals surface area contributed by atoms with Crippen molar-refractivity contribution < 1.29 is 9.21 Å². The van der Waals surface area contributed by atoms with E-state index in [1.165, 1.54) is 6.26 Å². The van der Waals surface area contributed by atoms with E-state index in [1.54, 1.807) is 29.7 Å². The summed E-state index contributed by atoms with van der Waals surface area (Å²) in [5, 5.41) is 5.74. The van der Waals surface area contributed by atoms with Gasteiger partial charge in [0, 0.05) is 23.7 Å². The molecule has 0 saturated carbocycles. The number of thiazole rings is 1. The zero-order valence-electron chi connectivity index (χ0n) is 10.6. The molecule has 2 heterocycles. The van der Waals surface area contributed by atoms with Crippen LogP contribution in [-0.2, 0) is 6.54 Å². The molecule has 0 aliphatic heterocycles. The van der Waals surface area contributed by atoms with E-state index in [2.05, 4.69) is 10.3 Å². The Morgan fingerprint density at radius 3 is 2.90 bits per heavy atom. The molecule has 3 rings (SSSR count). The molecule has 3 aromatic rings. The molecular weight excluding hydrogens is 272 g/mol. The van der Waals surface area contributed by atoms with Gasteiger partial charge in [-0.3, -0.25) is 4.79 Å². The Kier molecular flexibility index (Phi) is 3.60. The third-order valence-corrected chi connectivity index (χ3v) is 3.67. The molecular formula is C15H12N2O2S. The van der Waals surface area contributed by atoms with Crippen LogP contribution in [0.3, 0.4) is 0 Å². The summed E-state index contributed by atoms with van der Waals surface area (Å²) in [6, 6.07) is 11.2. The molecule has 0 radical (unpaired) electrons. The molecule has 20 heavy (non-hydrogen) atoms. The number of furan rings is 1. The second kappa shape index (κ2) is 5.71. The van der Waals surface area contributed by atoms with Crippen LogP contribution in [0.25, 0.3) is 10.6 Å². The molecule has 1 N–H and O–H groups in total. The van der Waals surface area contributed by atoms with E-state index >= 15 is 0 Å². The Bertz CT molecular complexity index is 691. The first-order valence-electron chi connectivity index (χ1n) is 6.14. The highest BCUT2D eigenvalue weighted by molar-refractivity contribution is 7.13. The molecule has 0 aliphatic rings. The van der Waals surface area contributed by atoms with Crippen LogP contribution in [0.1, 0.15) is 16.1 Å². The molecule has 5 heteroatoms. The lowest BCUT2D eigenvalue weighted by atomic mass is 10.1. The summed E-state index contributed by atoms with van der Waals surface area (Å²) in [6.07, 6.45) is 3.26. The number of nitrogens with one attached hydrogen (secondary N) is 1. The Morgan fingerprint density at radius 2 is 2.15 bits per heavy atom. The minimum Gasteiger partial charge on any atom is -0.459 e. The minimum absolute atomic E-state index is 0.219. The molecule has 1 aromatic carbocycles. The van der Waals surface area contributed by atoms with Crippen LogP contribution in [0, 0.1) is 0 Å². The summed E-state index contributed by atoms with van der Waals surface area (Å²) in [7, 11) is 0. The maximum atomic E-state index is 11.9. The summed E-state index contributed by atoms with van der Waals surface area (Å²) in [5.41, 5.74) is 2.07. The van der Waals surface area contributed by atoms with E-state index in [0.717, 1.165) is 16.1 Å². The highest BCUT2D eigenvalue weighted by atomic mass is 32.1. The van der Waals surface area contributed by atoms with Gasteiger partial charge in [0.05, 0.1) is 6.26 Å². The van der Waals surface area contributed by atoms with Crippen LogP contribution < -0.4 is 5.32 Å². The van der Waals surface area contributed by atoms with E-state index in [1.807, 2.05) is 29.6 Å². The SMILES string of the molecule is O=C(NCc1ccccc1-c1nccs1)c1ccco1. The summed E-state index contributed by atoms with van der Waals surface area (Å²) in [5.74, 6) is 0.0978. The van der Waals surface area contributed by atoms with Gasteiger partial charge in [0.15, 0.2) is 5.76 Å². The van der Waals surface area contributed by atoms with E-state index in [-0.39, 0.29) is 5.91 Å². The first-order chi connectivity index (χ1) is 9.84. The van der Waals surface area contributed by atoms with Crippen LogP contribution in [0.4, 0.5) is 0 Å².